The van der Waals surface area contributed by atoms with Crippen LogP contribution in [0, 0.1) is 0 Å². The maximum atomic E-state index is 11.7. The second-order valence-corrected chi connectivity index (χ2v) is 4.34. The van der Waals surface area contributed by atoms with Gasteiger partial charge in [-0.05, 0) is 29.8 Å². The van der Waals surface area contributed by atoms with E-state index in [0.29, 0.717) is 5.02 Å². The number of hydrogen-bond donors (Lipinski definition) is 0. The van der Waals surface area contributed by atoms with Gasteiger partial charge in [0, 0.05) is 11.2 Å². The molecule has 0 fully saturated rings. The summed E-state index contributed by atoms with van der Waals surface area (Å²) in [5.74, 6) is -0.506. The first-order valence-corrected chi connectivity index (χ1v) is 5.94. The molecular weight excluding hydrogens is 273 g/mol. The zero-order chi connectivity index (χ0) is 13.0. The molecule has 18 heavy (non-hydrogen) atoms. The third-order valence-electron chi connectivity index (χ3n) is 2.24. The monoisotopic (exact) mass is 281 g/mol. The summed E-state index contributed by atoms with van der Waals surface area (Å²) in [6.07, 6.45) is 1.51. The molecule has 0 amide bonds. The SMILES string of the molecule is O=C(OCc1cccc(Cl)c1)c1cccnc1Cl. The summed E-state index contributed by atoms with van der Waals surface area (Å²) in [5.41, 5.74) is 1.07. The molecule has 0 radical (unpaired) electrons. The van der Waals surface area contributed by atoms with Crippen molar-refractivity contribution in [3.8, 4) is 0 Å². The van der Waals surface area contributed by atoms with Crippen LogP contribution in [-0.2, 0) is 11.3 Å². The number of rotatable bonds is 3. The minimum Gasteiger partial charge on any atom is -0.457 e. The second-order valence-electron chi connectivity index (χ2n) is 3.55. The Bertz CT molecular complexity index is 572. The van der Waals surface area contributed by atoms with Gasteiger partial charge in [-0.2, -0.15) is 0 Å². The van der Waals surface area contributed by atoms with E-state index in [0.717, 1.165) is 5.56 Å². The summed E-state index contributed by atoms with van der Waals surface area (Å²) in [6.45, 7) is 0.143. The highest BCUT2D eigenvalue weighted by atomic mass is 35.5. The summed E-state index contributed by atoms with van der Waals surface area (Å²) in [5, 5.41) is 0.733. The Hall–Kier alpha value is -1.58. The predicted octanol–water partition coefficient (Wildman–Crippen LogP) is 3.75. The van der Waals surface area contributed by atoms with E-state index in [-0.39, 0.29) is 17.3 Å². The molecule has 1 aromatic carbocycles. The molecule has 0 aliphatic carbocycles. The molecule has 0 unspecified atom stereocenters. The fourth-order valence-corrected chi connectivity index (χ4v) is 1.80. The van der Waals surface area contributed by atoms with E-state index in [1.807, 2.05) is 6.07 Å². The van der Waals surface area contributed by atoms with Crippen LogP contribution < -0.4 is 0 Å². The third kappa shape index (κ3) is 3.22. The van der Waals surface area contributed by atoms with E-state index in [1.54, 1.807) is 30.3 Å². The molecule has 0 saturated heterocycles. The summed E-state index contributed by atoms with van der Waals surface area (Å²) in [7, 11) is 0. The number of carbonyl (C=O) groups is 1. The minimum absolute atomic E-state index is 0.133. The summed E-state index contributed by atoms with van der Waals surface area (Å²) < 4.78 is 5.13. The van der Waals surface area contributed by atoms with Gasteiger partial charge in [-0.25, -0.2) is 9.78 Å². The number of aromatic nitrogens is 1. The predicted molar refractivity (Wildman–Crippen MR) is 69.8 cm³/mol. The zero-order valence-electron chi connectivity index (χ0n) is 9.27. The number of nitrogens with zero attached hydrogens (tertiary/aromatic N) is 1. The van der Waals surface area contributed by atoms with Gasteiger partial charge in [0.15, 0.2) is 0 Å². The topological polar surface area (TPSA) is 39.2 Å². The van der Waals surface area contributed by atoms with Crippen LogP contribution >= 0.6 is 23.2 Å². The van der Waals surface area contributed by atoms with Crippen LogP contribution in [0.1, 0.15) is 15.9 Å². The van der Waals surface area contributed by atoms with Crippen molar-refractivity contribution >= 4 is 29.2 Å². The Morgan fingerprint density at radius 2 is 2.06 bits per heavy atom. The Balaban J connectivity index is 2.03. The number of hydrogen-bond acceptors (Lipinski definition) is 3. The molecule has 0 aliphatic heterocycles. The summed E-state index contributed by atoms with van der Waals surface area (Å²) >= 11 is 11.6. The highest BCUT2D eigenvalue weighted by molar-refractivity contribution is 6.32. The quantitative estimate of drug-likeness (QED) is 0.635. The number of benzene rings is 1. The van der Waals surface area contributed by atoms with Gasteiger partial charge < -0.3 is 4.74 Å². The molecule has 0 bridgehead atoms. The van der Waals surface area contributed by atoms with Gasteiger partial charge in [-0.15, -0.1) is 0 Å². The van der Waals surface area contributed by atoms with Gasteiger partial charge >= 0.3 is 5.97 Å². The largest absolute Gasteiger partial charge is 0.457 e. The lowest BCUT2D eigenvalue weighted by atomic mass is 10.2. The van der Waals surface area contributed by atoms with E-state index in [2.05, 4.69) is 4.98 Å². The van der Waals surface area contributed by atoms with Crippen LogP contribution in [-0.4, -0.2) is 11.0 Å². The van der Waals surface area contributed by atoms with Gasteiger partial charge in [-0.1, -0.05) is 35.3 Å². The Kier molecular flexibility index (Phi) is 4.18. The molecule has 92 valence electrons. The number of esters is 1. The maximum Gasteiger partial charge on any atom is 0.341 e. The first-order valence-electron chi connectivity index (χ1n) is 5.19. The molecule has 5 heteroatoms. The van der Waals surface area contributed by atoms with Crippen LogP contribution in [0.2, 0.25) is 10.2 Å². The second kappa shape index (κ2) is 5.85. The Morgan fingerprint density at radius 3 is 2.78 bits per heavy atom. The highest BCUT2D eigenvalue weighted by Crippen LogP contribution is 2.15. The van der Waals surface area contributed by atoms with E-state index in [9.17, 15) is 4.79 Å². The average molecular weight is 282 g/mol. The first-order chi connectivity index (χ1) is 8.66. The van der Waals surface area contributed by atoms with Crippen molar-refractivity contribution in [3.05, 3.63) is 63.9 Å². The minimum atomic E-state index is -0.506. The molecule has 0 N–H and O–H groups in total. The maximum absolute atomic E-state index is 11.7. The van der Waals surface area contributed by atoms with Crippen LogP contribution in [0.4, 0.5) is 0 Å². The molecule has 2 rings (SSSR count). The zero-order valence-corrected chi connectivity index (χ0v) is 10.8. The van der Waals surface area contributed by atoms with E-state index in [1.165, 1.54) is 6.20 Å². The Morgan fingerprint density at radius 1 is 1.22 bits per heavy atom. The van der Waals surface area contributed by atoms with Gasteiger partial charge in [0.1, 0.15) is 11.8 Å². The molecule has 3 nitrogen and oxygen atoms in total. The number of carbonyl (C=O) groups excluding carboxylic acids is 1. The highest BCUT2D eigenvalue weighted by Gasteiger charge is 2.12. The molecule has 0 aliphatic rings. The van der Waals surface area contributed by atoms with E-state index < -0.39 is 5.97 Å². The normalized spacial score (nSPS) is 10.1. The van der Waals surface area contributed by atoms with Crippen LogP contribution in [0.3, 0.4) is 0 Å². The first kappa shape index (κ1) is 12.9. The number of halogens is 2. The molecule has 2 aromatic rings. The Labute approximate surface area is 114 Å². The van der Waals surface area contributed by atoms with E-state index in [4.69, 9.17) is 27.9 Å². The van der Waals surface area contributed by atoms with Gasteiger partial charge in [0.25, 0.3) is 0 Å². The van der Waals surface area contributed by atoms with Gasteiger partial charge in [0.2, 0.25) is 0 Å². The van der Waals surface area contributed by atoms with Crippen LogP contribution in [0.25, 0.3) is 0 Å². The lowest BCUT2D eigenvalue weighted by Crippen LogP contribution is -2.06. The van der Waals surface area contributed by atoms with Gasteiger partial charge in [0.05, 0.1) is 5.56 Å². The molecule has 1 aromatic heterocycles. The molecule has 0 saturated carbocycles. The van der Waals surface area contributed by atoms with Crippen LogP contribution in [0.15, 0.2) is 42.6 Å². The fraction of sp³-hybridized carbons (Fsp3) is 0.0769. The molecular formula is C13H9Cl2NO2. The van der Waals surface area contributed by atoms with Crippen molar-refractivity contribution < 1.29 is 9.53 Å². The van der Waals surface area contributed by atoms with Crippen LogP contribution in [0.5, 0.6) is 0 Å². The van der Waals surface area contributed by atoms with Crippen molar-refractivity contribution in [2.24, 2.45) is 0 Å². The number of pyridine rings is 1. The molecule has 0 atom stereocenters. The lowest BCUT2D eigenvalue weighted by Gasteiger charge is -2.06. The van der Waals surface area contributed by atoms with Gasteiger partial charge in [-0.3, -0.25) is 0 Å². The number of ether oxygens (including phenoxy) is 1. The van der Waals surface area contributed by atoms with Crippen molar-refractivity contribution in [3.63, 3.8) is 0 Å². The van der Waals surface area contributed by atoms with Crippen molar-refractivity contribution in [2.45, 2.75) is 6.61 Å². The lowest BCUT2D eigenvalue weighted by molar-refractivity contribution is 0.0472. The van der Waals surface area contributed by atoms with Crippen molar-refractivity contribution in [1.82, 2.24) is 4.98 Å². The smallest absolute Gasteiger partial charge is 0.341 e. The van der Waals surface area contributed by atoms with Crippen molar-refractivity contribution in [2.75, 3.05) is 0 Å². The fourth-order valence-electron chi connectivity index (χ4n) is 1.39. The third-order valence-corrected chi connectivity index (χ3v) is 2.77. The standard InChI is InChI=1S/C13H9Cl2NO2/c14-10-4-1-3-9(7-10)8-18-13(17)11-5-2-6-16-12(11)15/h1-7H,8H2. The molecule has 1 heterocycles. The van der Waals surface area contributed by atoms with Crippen molar-refractivity contribution in [1.29, 1.82) is 0 Å². The summed E-state index contributed by atoms with van der Waals surface area (Å²) in [6, 6.07) is 10.3. The summed E-state index contributed by atoms with van der Waals surface area (Å²) in [4.78, 5) is 15.6. The van der Waals surface area contributed by atoms with E-state index >= 15 is 0 Å². The average Bonchev–Trinajstić information content (AvgIpc) is 2.37. The molecule has 0 spiro atoms.